The van der Waals surface area contributed by atoms with Crippen molar-refractivity contribution in [2.45, 2.75) is 52.1 Å². The van der Waals surface area contributed by atoms with Crippen LogP contribution >= 0.6 is 0 Å². The second-order valence-corrected chi connectivity index (χ2v) is 5.20. The van der Waals surface area contributed by atoms with Crippen molar-refractivity contribution in [1.29, 1.82) is 0 Å². The van der Waals surface area contributed by atoms with Gasteiger partial charge in [0.25, 0.3) is 0 Å². The number of aromatic nitrogens is 2. The fourth-order valence-corrected chi connectivity index (χ4v) is 2.38. The molecule has 1 atom stereocenters. The lowest BCUT2D eigenvalue weighted by atomic mass is 10.0. The summed E-state index contributed by atoms with van der Waals surface area (Å²) < 4.78 is 1.71. The van der Waals surface area contributed by atoms with Crippen molar-refractivity contribution < 1.29 is 4.92 Å². The summed E-state index contributed by atoms with van der Waals surface area (Å²) in [5, 5.41) is 18.8. The quantitative estimate of drug-likeness (QED) is 0.515. The van der Waals surface area contributed by atoms with Gasteiger partial charge in [0.2, 0.25) is 5.82 Å². The summed E-state index contributed by atoms with van der Waals surface area (Å²) in [5.74, 6) is 0.540. The van der Waals surface area contributed by atoms with E-state index in [1.807, 2.05) is 13.8 Å². The van der Waals surface area contributed by atoms with E-state index in [0.29, 0.717) is 11.5 Å². The van der Waals surface area contributed by atoms with Gasteiger partial charge in [0, 0.05) is 12.1 Å². The maximum Gasteiger partial charge on any atom is 0.333 e. The minimum absolute atomic E-state index is 0.0917. The van der Waals surface area contributed by atoms with E-state index in [1.54, 1.807) is 11.6 Å². The number of nitrogens with zero attached hydrogens (tertiary/aromatic N) is 3. The highest BCUT2D eigenvalue weighted by atomic mass is 16.6. The van der Waals surface area contributed by atoms with E-state index >= 15 is 0 Å². The molecule has 1 heterocycles. The highest BCUT2D eigenvalue weighted by molar-refractivity contribution is 5.60. The Morgan fingerprint density at radius 2 is 2.26 bits per heavy atom. The lowest BCUT2D eigenvalue weighted by molar-refractivity contribution is -0.384. The van der Waals surface area contributed by atoms with Crippen LogP contribution in [0.4, 0.5) is 11.5 Å². The number of rotatable bonds is 4. The molecule has 1 aliphatic carbocycles. The van der Waals surface area contributed by atoms with Gasteiger partial charge in [0.15, 0.2) is 0 Å². The molecule has 0 saturated carbocycles. The van der Waals surface area contributed by atoms with Gasteiger partial charge < -0.3 is 5.32 Å². The molecule has 0 amide bonds. The standard InChI is InChI=1S/C13H20N4O2/c1-9(2)16-13(12(17(18)19)10(3)15-16)14-11-7-5-4-6-8-11/h4-5,9,11,14H,6-8H2,1-3H3. The SMILES string of the molecule is Cc1nn(C(C)C)c(NC2CC=CCC2)c1[N+](=O)[O-]. The number of nitrogens with one attached hydrogen (secondary N) is 1. The largest absolute Gasteiger partial charge is 0.361 e. The van der Waals surface area contributed by atoms with Gasteiger partial charge >= 0.3 is 5.69 Å². The van der Waals surface area contributed by atoms with E-state index in [2.05, 4.69) is 22.6 Å². The molecule has 6 nitrogen and oxygen atoms in total. The van der Waals surface area contributed by atoms with Gasteiger partial charge in [-0.05, 0) is 40.0 Å². The molecule has 1 aromatic heterocycles. The van der Waals surface area contributed by atoms with Crippen LogP contribution in [0.25, 0.3) is 0 Å². The van der Waals surface area contributed by atoms with Crippen LogP contribution < -0.4 is 5.32 Å². The average Bonchev–Trinajstić information content (AvgIpc) is 2.67. The molecule has 0 aliphatic heterocycles. The fraction of sp³-hybridized carbons (Fsp3) is 0.615. The Bertz CT molecular complexity index is 505. The highest BCUT2D eigenvalue weighted by Gasteiger charge is 2.28. The van der Waals surface area contributed by atoms with Crippen LogP contribution in [-0.4, -0.2) is 20.7 Å². The molecular weight excluding hydrogens is 244 g/mol. The third-order valence-electron chi connectivity index (χ3n) is 3.34. The van der Waals surface area contributed by atoms with E-state index in [0.717, 1.165) is 19.3 Å². The van der Waals surface area contributed by atoms with Crippen LogP contribution in [0.2, 0.25) is 0 Å². The summed E-state index contributed by atoms with van der Waals surface area (Å²) in [7, 11) is 0. The monoisotopic (exact) mass is 264 g/mol. The number of nitro groups is 1. The summed E-state index contributed by atoms with van der Waals surface area (Å²) in [4.78, 5) is 10.9. The third-order valence-corrected chi connectivity index (χ3v) is 3.34. The summed E-state index contributed by atoms with van der Waals surface area (Å²) in [5.41, 5.74) is 0.566. The van der Waals surface area contributed by atoms with E-state index in [9.17, 15) is 10.1 Å². The molecule has 0 saturated heterocycles. The zero-order valence-electron chi connectivity index (χ0n) is 11.6. The van der Waals surface area contributed by atoms with Crippen molar-refractivity contribution in [3.8, 4) is 0 Å². The van der Waals surface area contributed by atoms with Crippen LogP contribution in [0.1, 0.15) is 44.8 Å². The third kappa shape index (κ3) is 2.77. The number of allylic oxidation sites excluding steroid dienone is 1. The van der Waals surface area contributed by atoms with E-state index in [4.69, 9.17) is 0 Å². The molecule has 0 radical (unpaired) electrons. The van der Waals surface area contributed by atoms with Crippen molar-refractivity contribution in [1.82, 2.24) is 9.78 Å². The average molecular weight is 264 g/mol. The van der Waals surface area contributed by atoms with Gasteiger partial charge in [-0.15, -0.1) is 0 Å². The fourth-order valence-electron chi connectivity index (χ4n) is 2.38. The maximum absolute atomic E-state index is 11.2. The molecule has 1 N–H and O–H groups in total. The number of anilines is 1. The zero-order valence-corrected chi connectivity index (χ0v) is 11.6. The van der Waals surface area contributed by atoms with Crippen molar-refractivity contribution in [2.75, 3.05) is 5.32 Å². The van der Waals surface area contributed by atoms with Gasteiger partial charge in [0.1, 0.15) is 5.69 Å². The molecule has 6 heteroatoms. The molecule has 1 aliphatic rings. The predicted octanol–water partition coefficient (Wildman–Crippen LogP) is 3.20. The minimum atomic E-state index is -0.345. The first-order valence-electron chi connectivity index (χ1n) is 6.65. The van der Waals surface area contributed by atoms with Gasteiger partial charge in [-0.25, -0.2) is 4.68 Å². The zero-order chi connectivity index (χ0) is 14.0. The van der Waals surface area contributed by atoms with Crippen molar-refractivity contribution >= 4 is 11.5 Å². The van der Waals surface area contributed by atoms with Crippen LogP contribution in [0.3, 0.4) is 0 Å². The Morgan fingerprint density at radius 3 is 2.79 bits per heavy atom. The Labute approximate surface area is 112 Å². The molecule has 0 fully saturated rings. The highest BCUT2D eigenvalue weighted by Crippen LogP contribution is 2.32. The van der Waals surface area contributed by atoms with Gasteiger partial charge in [-0.1, -0.05) is 12.2 Å². The number of hydrogen-bond donors (Lipinski definition) is 1. The predicted molar refractivity (Wildman–Crippen MR) is 74.4 cm³/mol. The normalized spacial score (nSPS) is 18.8. The second-order valence-electron chi connectivity index (χ2n) is 5.20. The van der Waals surface area contributed by atoms with Crippen molar-refractivity contribution in [2.24, 2.45) is 0 Å². The summed E-state index contributed by atoms with van der Waals surface area (Å²) in [6, 6.07) is 0.339. The Hall–Kier alpha value is -1.85. The molecule has 1 unspecified atom stereocenters. The Morgan fingerprint density at radius 1 is 1.53 bits per heavy atom. The van der Waals surface area contributed by atoms with Crippen LogP contribution in [0, 0.1) is 17.0 Å². The van der Waals surface area contributed by atoms with Crippen LogP contribution in [0.5, 0.6) is 0 Å². The second kappa shape index (κ2) is 5.42. The van der Waals surface area contributed by atoms with Crippen molar-refractivity contribution in [3.05, 3.63) is 28.0 Å². The molecule has 2 rings (SSSR count). The first-order chi connectivity index (χ1) is 9.00. The molecule has 104 valence electrons. The molecule has 0 spiro atoms. The van der Waals surface area contributed by atoms with Gasteiger partial charge in [0.05, 0.1) is 4.92 Å². The minimum Gasteiger partial charge on any atom is -0.361 e. The summed E-state index contributed by atoms with van der Waals surface area (Å²) >= 11 is 0. The summed E-state index contributed by atoms with van der Waals surface area (Å²) in [6.07, 6.45) is 7.18. The maximum atomic E-state index is 11.2. The molecule has 19 heavy (non-hydrogen) atoms. The lowest BCUT2D eigenvalue weighted by Crippen LogP contribution is -2.23. The topological polar surface area (TPSA) is 73.0 Å². The Kier molecular flexibility index (Phi) is 3.87. The number of aryl methyl sites for hydroxylation is 1. The first kappa shape index (κ1) is 13.6. The van der Waals surface area contributed by atoms with E-state index in [1.165, 1.54) is 0 Å². The number of hydrogen-bond acceptors (Lipinski definition) is 4. The van der Waals surface area contributed by atoms with E-state index < -0.39 is 0 Å². The van der Waals surface area contributed by atoms with Crippen LogP contribution in [-0.2, 0) is 0 Å². The molecular formula is C13H20N4O2. The molecule has 0 aromatic carbocycles. The van der Waals surface area contributed by atoms with E-state index in [-0.39, 0.29) is 22.7 Å². The smallest absolute Gasteiger partial charge is 0.333 e. The Balaban J connectivity index is 2.35. The van der Waals surface area contributed by atoms with Crippen molar-refractivity contribution in [3.63, 3.8) is 0 Å². The lowest BCUT2D eigenvalue weighted by Gasteiger charge is -2.21. The van der Waals surface area contributed by atoms with Crippen LogP contribution in [0.15, 0.2) is 12.2 Å². The molecule has 0 bridgehead atoms. The first-order valence-corrected chi connectivity index (χ1v) is 6.65. The van der Waals surface area contributed by atoms with Gasteiger partial charge in [-0.3, -0.25) is 10.1 Å². The molecule has 1 aromatic rings. The van der Waals surface area contributed by atoms with Gasteiger partial charge in [-0.2, -0.15) is 5.10 Å². The summed E-state index contributed by atoms with van der Waals surface area (Å²) in [6.45, 7) is 5.63.